The van der Waals surface area contributed by atoms with Crippen LogP contribution < -0.4 is 5.32 Å². The SMILES string of the molecule is Cc1ccc(-c2noc(-c3cccnc3SCC(=O)Nc3c(C)cc(C)cc3C)n2)cc1. The van der Waals surface area contributed by atoms with Gasteiger partial charge in [-0.3, -0.25) is 4.79 Å². The third-order valence-corrected chi connectivity index (χ3v) is 6.02. The van der Waals surface area contributed by atoms with E-state index in [1.807, 2.05) is 64.1 Å². The Morgan fingerprint density at radius 1 is 1.00 bits per heavy atom. The van der Waals surface area contributed by atoms with Crippen molar-refractivity contribution in [3.05, 3.63) is 77.0 Å². The van der Waals surface area contributed by atoms with Gasteiger partial charge in [0, 0.05) is 17.4 Å². The van der Waals surface area contributed by atoms with Crippen LogP contribution in [0.25, 0.3) is 22.8 Å². The molecule has 0 bridgehead atoms. The van der Waals surface area contributed by atoms with E-state index in [2.05, 4.69) is 32.6 Å². The highest BCUT2D eigenvalue weighted by Crippen LogP contribution is 2.30. The molecule has 2 heterocycles. The van der Waals surface area contributed by atoms with E-state index < -0.39 is 0 Å². The Labute approximate surface area is 191 Å². The first-order valence-corrected chi connectivity index (χ1v) is 11.3. The molecule has 162 valence electrons. The van der Waals surface area contributed by atoms with Crippen LogP contribution in [0.4, 0.5) is 5.69 Å². The Hall–Kier alpha value is -3.45. The normalized spacial score (nSPS) is 10.9. The van der Waals surface area contributed by atoms with E-state index in [0.29, 0.717) is 22.3 Å². The second kappa shape index (κ2) is 9.36. The van der Waals surface area contributed by atoms with Gasteiger partial charge in [0.2, 0.25) is 11.7 Å². The number of anilines is 1. The van der Waals surface area contributed by atoms with Crippen LogP contribution in [0.15, 0.2) is 64.3 Å². The lowest BCUT2D eigenvalue weighted by Gasteiger charge is -2.13. The second-order valence-corrected chi connectivity index (χ2v) is 8.72. The van der Waals surface area contributed by atoms with Crippen molar-refractivity contribution in [2.75, 3.05) is 11.1 Å². The van der Waals surface area contributed by atoms with Gasteiger partial charge in [-0.25, -0.2) is 4.98 Å². The molecule has 0 aliphatic heterocycles. The summed E-state index contributed by atoms with van der Waals surface area (Å²) in [4.78, 5) is 21.6. The maximum absolute atomic E-state index is 12.6. The van der Waals surface area contributed by atoms with E-state index in [1.165, 1.54) is 17.3 Å². The van der Waals surface area contributed by atoms with Crippen molar-refractivity contribution in [3.8, 4) is 22.8 Å². The summed E-state index contributed by atoms with van der Waals surface area (Å²) in [6, 6.07) is 15.7. The fourth-order valence-corrected chi connectivity index (χ4v) is 4.29. The van der Waals surface area contributed by atoms with E-state index >= 15 is 0 Å². The third kappa shape index (κ3) is 4.89. The molecule has 1 amide bonds. The molecule has 6 nitrogen and oxygen atoms in total. The van der Waals surface area contributed by atoms with E-state index in [-0.39, 0.29) is 11.7 Å². The highest BCUT2D eigenvalue weighted by Gasteiger charge is 2.17. The minimum Gasteiger partial charge on any atom is -0.334 e. The number of carbonyl (C=O) groups is 1. The van der Waals surface area contributed by atoms with Crippen LogP contribution in [0.1, 0.15) is 22.3 Å². The van der Waals surface area contributed by atoms with Crippen LogP contribution in [0.3, 0.4) is 0 Å². The zero-order valence-corrected chi connectivity index (χ0v) is 19.3. The fraction of sp³-hybridized carbons (Fsp3) is 0.200. The van der Waals surface area contributed by atoms with Crippen LogP contribution in [0.2, 0.25) is 0 Å². The molecule has 2 aromatic heterocycles. The molecular formula is C25H24N4O2S. The highest BCUT2D eigenvalue weighted by atomic mass is 32.2. The summed E-state index contributed by atoms with van der Waals surface area (Å²) < 4.78 is 5.51. The molecule has 0 atom stereocenters. The molecule has 0 aliphatic rings. The number of amides is 1. The van der Waals surface area contributed by atoms with Crippen molar-refractivity contribution in [2.24, 2.45) is 0 Å². The maximum Gasteiger partial charge on any atom is 0.260 e. The van der Waals surface area contributed by atoms with Crippen LogP contribution in [0.5, 0.6) is 0 Å². The van der Waals surface area contributed by atoms with Gasteiger partial charge >= 0.3 is 0 Å². The largest absolute Gasteiger partial charge is 0.334 e. The lowest BCUT2D eigenvalue weighted by atomic mass is 10.1. The molecule has 0 saturated heterocycles. The Kier molecular flexibility index (Phi) is 6.37. The Morgan fingerprint density at radius 3 is 2.44 bits per heavy atom. The molecular weight excluding hydrogens is 420 g/mol. The highest BCUT2D eigenvalue weighted by molar-refractivity contribution is 8.00. The van der Waals surface area contributed by atoms with Crippen molar-refractivity contribution < 1.29 is 9.32 Å². The van der Waals surface area contributed by atoms with Gasteiger partial charge in [0.25, 0.3) is 5.89 Å². The number of hydrogen-bond acceptors (Lipinski definition) is 6. The van der Waals surface area contributed by atoms with E-state index in [0.717, 1.165) is 27.9 Å². The first-order chi connectivity index (χ1) is 15.4. The Balaban J connectivity index is 1.49. The average molecular weight is 445 g/mol. The third-order valence-electron chi connectivity index (χ3n) is 5.02. The molecule has 0 fully saturated rings. The lowest BCUT2D eigenvalue weighted by molar-refractivity contribution is -0.113. The van der Waals surface area contributed by atoms with Crippen LogP contribution in [0, 0.1) is 27.7 Å². The predicted octanol–water partition coefficient (Wildman–Crippen LogP) is 5.76. The first-order valence-electron chi connectivity index (χ1n) is 10.3. The summed E-state index contributed by atoms with van der Waals surface area (Å²) in [7, 11) is 0. The zero-order chi connectivity index (χ0) is 22.7. The average Bonchev–Trinajstić information content (AvgIpc) is 3.25. The van der Waals surface area contributed by atoms with Gasteiger partial charge in [-0.2, -0.15) is 4.98 Å². The molecule has 0 radical (unpaired) electrons. The smallest absolute Gasteiger partial charge is 0.260 e. The van der Waals surface area contributed by atoms with Crippen molar-refractivity contribution in [3.63, 3.8) is 0 Å². The maximum atomic E-state index is 12.6. The molecule has 2 aromatic carbocycles. The van der Waals surface area contributed by atoms with Crippen molar-refractivity contribution in [1.82, 2.24) is 15.1 Å². The number of aryl methyl sites for hydroxylation is 4. The standard InChI is InChI=1S/C25H24N4O2S/c1-15-7-9-19(10-8-15)23-28-24(31-29-23)20-6-5-11-26-25(20)32-14-21(30)27-22-17(3)12-16(2)13-18(22)4/h5-13H,14H2,1-4H3,(H,27,30). The summed E-state index contributed by atoms with van der Waals surface area (Å²) in [5, 5.41) is 7.80. The number of nitrogens with zero attached hydrogens (tertiary/aromatic N) is 3. The number of carbonyl (C=O) groups excluding carboxylic acids is 1. The summed E-state index contributed by atoms with van der Waals surface area (Å²) >= 11 is 1.34. The van der Waals surface area contributed by atoms with Gasteiger partial charge in [-0.1, -0.05) is 64.4 Å². The first kappa shape index (κ1) is 21.8. The number of pyridine rings is 1. The summed E-state index contributed by atoms with van der Waals surface area (Å²) in [6.45, 7) is 8.08. The minimum absolute atomic E-state index is 0.0903. The van der Waals surface area contributed by atoms with Crippen molar-refractivity contribution >= 4 is 23.4 Å². The number of aromatic nitrogens is 3. The van der Waals surface area contributed by atoms with E-state index in [4.69, 9.17) is 4.52 Å². The molecule has 4 rings (SSSR count). The number of rotatable bonds is 6. The van der Waals surface area contributed by atoms with Gasteiger partial charge < -0.3 is 9.84 Å². The van der Waals surface area contributed by atoms with Gasteiger partial charge in [-0.05, 0) is 51.0 Å². The summed E-state index contributed by atoms with van der Waals surface area (Å²) in [6.07, 6.45) is 1.69. The fourth-order valence-electron chi connectivity index (χ4n) is 3.51. The van der Waals surface area contributed by atoms with Crippen LogP contribution in [-0.4, -0.2) is 26.8 Å². The second-order valence-electron chi connectivity index (χ2n) is 7.76. The molecule has 32 heavy (non-hydrogen) atoms. The number of benzene rings is 2. The molecule has 0 unspecified atom stereocenters. The molecule has 0 spiro atoms. The Morgan fingerprint density at radius 2 is 1.72 bits per heavy atom. The van der Waals surface area contributed by atoms with Crippen molar-refractivity contribution in [1.29, 1.82) is 0 Å². The van der Waals surface area contributed by atoms with E-state index in [1.54, 1.807) is 6.20 Å². The van der Waals surface area contributed by atoms with Crippen LogP contribution >= 0.6 is 11.8 Å². The van der Waals surface area contributed by atoms with Crippen LogP contribution in [-0.2, 0) is 4.79 Å². The molecule has 0 aliphatic carbocycles. The monoisotopic (exact) mass is 444 g/mol. The summed E-state index contributed by atoms with van der Waals surface area (Å²) in [5.41, 5.74) is 6.89. The van der Waals surface area contributed by atoms with Gasteiger partial charge in [-0.15, -0.1) is 0 Å². The zero-order valence-electron chi connectivity index (χ0n) is 18.5. The molecule has 1 N–H and O–H groups in total. The lowest BCUT2D eigenvalue weighted by Crippen LogP contribution is -2.16. The van der Waals surface area contributed by atoms with Gasteiger partial charge in [0.05, 0.1) is 11.3 Å². The van der Waals surface area contributed by atoms with Gasteiger partial charge in [0.1, 0.15) is 5.03 Å². The predicted molar refractivity (Wildman–Crippen MR) is 128 cm³/mol. The van der Waals surface area contributed by atoms with Gasteiger partial charge in [0.15, 0.2) is 0 Å². The Bertz CT molecular complexity index is 1240. The topological polar surface area (TPSA) is 80.9 Å². The molecule has 7 heteroatoms. The van der Waals surface area contributed by atoms with E-state index in [9.17, 15) is 4.79 Å². The molecule has 4 aromatic rings. The summed E-state index contributed by atoms with van der Waals surface area (Å²) in [5.74, 6) is 1.02. The number of thioether (sulfide) groups is 1. The minimum atomic E-state index is -0.0903. The molecule has 0 saturated carbocycles. The number of nitrogens with one attached hydrogen (secondary N) is 1. The quantitative estimate of drug-likeness (QED) is 0.381. The van der Waals surface area contributed by atoms with Crippen molar-refractivity contribution in [2.45, 2.75) is 32.7 Å². The number of hydrogen-bond donors (Lipinski definition) is 1.